The second-order valence-corrected chi connectivity index (χ2v) is 3.94. The van der Waals surface area contributed by atoms with Crippen LogP contribution in [0.25, 0.3) is 0 Å². The molecular weight excluding hydrogens is 278 g/mol. The van der Waals surface area contributed by atoms with Gasteiger partial charge in [-0.2, -0.15) is 26.3 Å². The first-order valence-electron chi connectivity index (χ1n) is 5.73. The van der Waals surface area contributed by atoms with E-state index in [4.69, 9.17) is 4.74 Å². The van der Waals surface area contributed by atoms with Crippen molar-refractivity contribution in [3.05, 3.63) is 0 Å². The molecule has 0 heterocycles. The highest BCUT2D eigenvalue weighted by Gasteiger charge is 2.56. The Morgan fingerprint density at radius 1 is 0.895 bits per heavy atom. The Bertz CT molecular complexity index is 217. The van der Waals surface area contributed by atoms with E-state index >= 15 is 0 Å². The highest BCUT2D eigenvalue weighted by Crippen LogP contribution is 2.38. The third-order valence-electron chi connectivity index (χ3n) is 2.33. The van der Waals surface area contributed by atoms with E-state index in [9.17, 15) is 26.3 Å². The molecule has 0 spiro atoms. The van der Waals surface area contributed by atoms with Gasteiger partial charge in [-0.05, 0) is 19.5 Å². The van der Waals surface area contributed by atoms with Crippen LogP contribution in [0.15, 0.2) is 0 Å². The zero-order valence-electron chi connectivity index (χ0n) is 10.5. The topological polar surface area (TPSA) is 33.3 Å². The van der Waals surface area contributed by atoms with Gasteiger partial charge in [-0.1, -0.05) is 0 Å². The summed E-state index contributed by atoms with van der Waals surface area (Å²) in [5, 5.41) is 5.10. The summed E-state index contributed by atoms with van der Waals surface area (Å²) in [7, 11) is 1.53. The minimum absolute atomic E-state index is 0.0860. The Hall–Kier alpha value is -0.540. The van der Waals surface area contributed by atoms with Crippen LogP contribution in [0.2, 0.25) is 0 Å². The van der Waals surface area contributed by atoms with Crippen molar-refractivity contribution in [2.75, 3.05) is 39.9 Å². The Morgan fingerprint density at radius 3 is 1.89 bits per heavy atom. The van der Waals surface area contributed by atoms with E-state index in [0.29, 0.717) is 26.1 Å². The Kier molecular flexibility index (Phi) is 8.35. The van der Waals surface area contributed by atoms with Crippen LogP contribution in [0.4, 0.5) is 26.3 Å². The van der Waals surface area contributed by atoms with E-state index in [1.54, 1.807) is 0 Å². The minimum Gasteiger partial charge on any atom is -0.383 e. The van der Waals surface area contributed by atoms with Gasteiger partial charge >= 0.3 is 12.4 Å². The largest absolute Gasteiger partial charge is 0.401 e. The number of methoxy groups -OCH3 is 1. The third-order valence-corrected chi connectivity index (χ3v) is 2.33. The summed E-state index contributed by atoms with van der Waals surface area (Å²) in [4.78, 5) is 0. The van der Waals surface area contributed by atoms with Gasteiger partial charge in [-0.3, -0.25) is 0 Å². The summed E-state index contributed by atoms with van der Waals surface area (Å²) in [6.45, 7) is 0.522. The molecule has 0 saturated carbocycles. The standard InChI is InChI=1S/C10H18F6N2O/c1-19-6-5-17-3-2-4-18-7-8(9(11,12)13)10(14,15)16/h8,17-18H,2-7H2,1H3. The smallest absolute Gasteiger partial charge is 0.383 e. The fourth-order valence-electron chi connectivity index (χ4n) is 1.30. The SMILES string of the molecule is COCCNCCCNCC(C(F)(F)F)C(F)(F)F. The first-order valence-corrected chi connectivity index (χ1v) is 5.73. The van der Waals surface area contributed by atoms with Gasteiger partial charge in [-0.15, -0.1) is 0 Å². The van der Waals surface area contributed by atoms with E-state index < -0.39 is 24.8 Å². The lowest BCUT2D eigenvalue weighted by Crippen LogP contribution is -2.43. The monoisotopic (exact) mass is 296 g/mol. The molecule has 0 aliphatic heterocycles. The van der Waals surface area contributed by atoms with Gasteiger partial charge in [0.15, 0.2) is 5.92 Å². The van der Waals surface area contributed by atoms with Crippen LogP contribution >= 0.6 is 0 Å². The van der Waals surface area contributed by atoms with Crippen molar-refractivity contribution in [1.82, 2.24) is 10.6 Å². The molecule has 0 aliphatic carbocycles. The third kappa shape index (κ3) is 9.06. The van der Waals surface area contributed by atoms with Crippen molar-refractivity contribution in [3.63, 3.8) is 0 Å². The van der Waals surface area contributed by atoms with Crippen LogP contribution in [-0.4, -0.2) is 52.2 Å². The Balaban J connectivity index is 3.78. The maximum Gasteiger partial charge on any atom is 0.401 e. The first-order chi connectivity index (χ1) is 8.69. The predicted octanol–water partition coefficient (Wildman–Crippen LogP) is 1.94. The summed E-state index contributed by atoms with van der Waals surface area (Å²) in [5.74, 6) is -3.32. The van der Waals surface area contributed by atoms with Gasteiger partial charge in [0, 0.05) is 20.2 Å². The van der Waals surface area contributed by atoms with E-state index in [1.165, 1.54) is 7.11 Å². The molecule has 0 aromatic heterocycles. The van der Waals surface area contributed by atoms with Crippen molar-refractivity contribution in [2.24, 2.45) is 5.92 Å². The Morgan fingerprint density at radius 2 is 1.42 bits per heavy atom. The molecule has 0 aromatic rings. The zero-order chi connectivity index (χ0) is 14.9. The number of halogens is 6. The second-order valence-electron chi connectivity index (χ2n) is 3.94. The molecule has 0 rings (SSSR count). The lowest BCUT2D eigenvalue weighted by atomic mass is 10.1. The molecule has 116 valence electrons. The molecule has 0 saturated heterocycles. The quantitative estimate of drug-likeness (QED) is 0.504. The van der Waals surface area contributed by atoms with E-state index in [0.717, 1.165) is 0 Å². The molecule has 0 radical (unpaired) electrons. The van der Waals surface area contributed by atoms with Gasteiger partial charge in [0.1, 0.15) is 0 Å². The molecule has 19 heavy (non-hydrogen) atoms. The zero-order valence-corrected chi connectivity index (χ0v) is 10.5. The maximum atomic E-state index is 12.1. The summed E-state index contributed by atoms with van der Waals surface area (Å²) < 4.78 is 77.6. The normalized spacial score (nSPS) is 13.3. The van der Waals surface area contributed by atoms with Crippen LogP contribution in [0, 0.1) is 5.92 Å². The molecule has 0 fully saturated rings. The number of hydrogen-bond acceptors (Lipinski definition) is 3. The van der Waals surface area contributed by atoms with Crippen molar-refractivity contribution in [2.45, 2.75) is 18.8 Å². The summed E-state index contributed by atoms with van der Waals surface area (Å²) >= 11 is 0. The molecule has 0 bridgehead atoms. The molecular formula is C10H18F6N2O. The van der Waals surface area contributed by atoms with Gasteiger partial charge in [-0.25, -0.2) is 0 Å². The number of ether oxygens (including phenoxy) is 1. The van der Waals surface area contributed by atoms with Crippen LogP contribution in [-0.2, 0) is 4.74 Å². The van der Waals surface area contributed by atoms with Crippen molar-refractivity contribution < 1.29 is 31.1 Å². The van der Waals surface area contributed by atoms with Gasteiger partial charge in [0.05, 0.1) is 6.61 Å². The van der Waals surface area contributed by atoms with Gasteiger partial charge < -0.3 is 15.4 Å². The number of alkyl halides is 6. The average Bonchev–Trinajstić information content (AvgIpc) is 2.23. The number of rotatable bonds is 9. The fraction of sp³-hybridized carbons (Fsp3) is 1.00. The molecule has 0 unspecified atom stereocenters. The minimum atomic E-state index is -5.28. The van der Waals surface area contributed by atoms with E-state index in [1.807, 2.05) is 0 Å². The van der Waals surface area contributed by atoms with Crippen molar-refractivity contribution >= 4 is 0 Å². The van der Waals surface area contributed by atoms with Crippen LogP contribution in [0.5, 0.6) is 0 Å². The summed E-state index contributed by atoms with van der Waals surface area (Å²) in [6, 6.07) is 0. The summed E-state index contributed by atoms with van der Waals surface area (Å²) in [6.07, 6.45) is -10.1. The highest BCUT2D eigenvalue weighted by atomic mass is 19.4. The second kappa shape index (κ2) is 8.60. The fourth-order valence-corrected chi connectivity index (χ4v) is 1.30. The molecule has 0 atom stereocenters. The predicted molar refractivity (Wildman–Crippen MR) is 57.8 cm³/mol. The molecule has 9 heteroatoms. The van der Waals surface area contributed by atoms with Crippen LogP contribution in [0.1, 0.15) is 6.42 Å². The van der Waals surface area contributed by atoms with E-state index in [-0.39, 0.29) is 6.54 Å². The number of hydrogen-bond donors (Lipinski definition) is 2. The maximum absolute atomic E-state index is 12.1. The van der Waals surface area contributed by atoms with E-state index in [2.05, 4.69) is 10.6 Å². The van der Waals surface area contributed by atoms with Crippen molar-refractivity contribution in [3.8, 4) is 0 Å². The average molecular weight is 296 g/mol. The van der Waals surface area contributed by atoms with Gasteiger partial charge in [0.25, 0.3) is 0 Å². The van der Waals surface area contributed by atoms with Crippen LogP contribution in [0.3, 0.4) is 0 Å². The van der Waals surface area contributed by atoms with Gasteiger partial charge in [0.2, 0.25) is 0 Å². The first kappa shape index (κ1) is 18.5. The lowest BCUT2D eigenvalue weighted by Gasteiger charge is -2.23. The lowest BCUT2D eigenvalue weighted by molar-refractivity contribution is -0.281. The molecule has 0 aliphatic rings. The van der Waals surface area contributed by atoms with Crippen LogP contribution < -0.4 is 10.6 Å². The highest BCUT2D eigenvalue weighted by molar-refractivity contribution is 4.77. The molecule has 0 amide bonds. The molecule has 2 N–H and O–H groups in total. The summed E-state index contributed by atoms with van der Waals surface area (Å²) in [5.41, 5.74) is 0. The molecule has 3 nitrogen and oxygen atoms in total. The Labute approximate surface area is 107 Å². The van der Waals surface area contributed by atoms with Crippen molar-refractivity contribution in [1.29, 1.82) is 0 Å². The number of nitrogens with one attached hydrogen (secondary N) is 2. The molecule has 0 aromatic carbocycles.